The number of rotatable bonds is 1. The predicted molar refractivity (Wildman–Crippen MR) is 53.5 cm³/mol. The average Bonchev–Trinajstić information content (AvgIpc) is 2.39. The lowest BCUT2D eigenvalue weighted by atomic mass is 10.1. The Morgan fingerprint density at radius 3 is 2.92 bits per heavy atom. The number of hydrogen-bond donors (Lipinski definition) is 1. The van der Waals surface area contributed by atoms with Crippen molar-refractivity contribution in [3.05, 3.63) is 29.6 Å². The first-order valence-corrected chi connectivity index (χ1v) is 5.23. The van der Waals surface area contributed by atoms with Crippen molar-refractivity contribution in [3.8, 4) is 0 Å². The van der Waals surface area contributed by atoms with Crippen LogP contribution in [0.4, 0.5) is 4.39 Å². The van der Waals surface area contributed by atoms with Gasteiger partial charge in [0.25, 0.3) is 0 Å². The number of thioether (sulfide) groups is 1. The van der Waals surface area contributed by atoms with Crippen molar-refractivity contribution < 1.29 is 4.39 Å². The molecule has 2 atom stereocenters. The van der Waals surface area contributed by atoms with Crippen LogP contribution in [0.15, 0.2) is 23.1 Å². The van der Waals surface area contributed by atoms with Crippen LogP contribution in [0, 0.1) is 5.82 Å². The molecule has 0 saturated carbocycles. The molecule has 0 saturated heterocycles. The van der Waals surface area contributed by atoms with Crippen molar-refractivity contribution in [3.63, 3.8) is 0 Å². The summed E-state index contributed by atoms with van der Waals surface area (Å²) in [6.45, 7) is 2.16. The SMILES string of the molecule is CNC1c2ccc(F)cc2SC1C. The highest BCUT2D eigenvalue weighted by molar-refractivity contribution is 8.00. The summed E-state index contributed by atoms with van der Waals surface area (Å²) in [6.07, 6.45) is 0. The molecule has 1 heterocycles. The Kier molecular flexibility index (Phi) is 2.30. The quantitative estimate of drug-likeness (QED) is 0.742. The molecule has 2 unspecified atom stereocenters. The van der Waals surface area contributed by atoms with E-state index in [1.54, 1.807) is 17.8 Å². The summed E-state index contributed by atoms with van der Waals surface area (Å²) in [6, 6.07) is 5.39. The van der Waals surface area contributed by atoms with Crippen molar-refractivity contribution in [1.82, 2.24) is 5.32 Å². The molecule has 3 heteroatoms. The maximum absolute atomic E-state index is 12.9. The standard InChI is InChI=1S/C10H12FNS/c1-6-10(12-2)8-4-3-7(11)5-9(8)13-6/h3-6,10,12H,1-2H3. The van der Waals surface area contributed by atoms with E-state index >= 15 is 0 Å². The first kappa shape index (κ1) is 9.03. The largest absolute Gasteiger partial charge is 0.312 e. The highest BCUT2D eigenvalue weighted by atomic mass is 32.2. The highest BCUT2D eigenvalue weighted by Gasteiger charge is 2.28. The summed E-state index contributed by atoms with van der Waals surface area (Å²) in [4.78, 5) is 1.08. The van der Waals surface area contributed by atoms with Gasteiger partial charge in [0, 0.05) is 16.2 Å². The summed E-state index contributed by atoms with van der Waals surface area (Å²) >= 11 is 1.74. The van der Waals surface area contributed by atoms with E-state index in [9.17, 15) is 4.39 Å². The summed E-state index contributed by atoms with van der Waals surface area (Å²) in [5, 5.41) is 3.73. The molecule has 1 aromatic rings. The predicted octanol–water partition coefficient (Wildman–Crippen LogP) is 2.58. The summed E-state index contributed by atoms with van der Waals surface area (Å²) in [5.41, 5.74) is 1.22. The van der Waals surface area contributed by atoms with Gasteiger partial charge in [0.2, 0.25) is 0 Å². The minimum Gasteiger partial charge on any atom is -0.312 e. The van der Waals surface area contributed by atoms with Crippen LogP contribution in [0.1, 0.15) is 18.5 Å². The molecule has 1 aliphatic heterocycles. The van der Waals surface area contributed by atoms with Gasteiger partial charge in [-0.25, -0.2) is 4.39 Å². The van der Waals surface area contributed by atoms with Crippen molar-refractivity contribution in [2.75, 3.05) is 7.05 Å². The minimum atomic E-state index is -0.143. The fraction of sp³-hybridized carbons (Fsp3) is 0.400. The van der Waals surface area contributed by atoms with Gasteiger partial charge in [0.15, 0.2) is 0 Å². The van der Waals surface area contributed by atoms with Crippen molar-refractivity contribution >= 4 is 11.8 Å². The Labute approximate surface area is 81.7 Å². The second kappa shape index (κ2) is 3.31. The molecule has 0 bridgehead atoms. The molecule has 1 N–H and O–H groups in total. The fourth-order valence-corrected chi connectivity index (χ4v) is 3.11. The normalized spacial score (nSPS) is 26.1. The summed E-state index contributed by atoms with van der Waals surface area (Å²) in [7, 11) is 1.94. The second-order valence-electron chi connectivity index (χ2n) is 3.27. The van der Waals surface area contributed by atoms with E-state index in [1.807, 2.05) is 13.1 Å². The molecule has 1 nitrogen and oxygen atoms in total. The molecular weight excluding hydrogens is 185 g/mol. The number of nitrogens with one attached hydrogen (secondary N) is 1. The van der Waals surface area contributed by atoms with Gasteiger partial charge in [-0.05, 0) is 24.7 Å². The maximum atomic E-state index is 12.9. The third-order valence-electron chi connectivity index (χ3n) is 2.40. The van der Waals surface area contributed by atoms with Gasteiger partial charge in [-0.15, -0.1) is 11.8 Å². The Bertz CT molecular complexity index is 327. The zero-order valence-electron chi connectivity index (χ0n) is 7.67. The van der Waals surface area contributed by atoms with Crippen LogP contribution < -0.4 is 5.32 Å². The van der Waals surface area contributed by atoms with Crippen LogP contribution in [0.2, 0.25) is 0 Å². The molecule has 0 fully saturated rings. The first-order chi connectivity index (χ1) is 6.22. The van der Waals surface area contributed by atoms with Gasteiger partial charge in [-0.3, -0.25) is 0 Å². The van der Waals surface area contributed by atoms with Gasteiger partial charge in [-0.2, -0.15) is 0 Å². The zero-order chi connectivity index (χ0) is 9.42. The van der Waals surface area contributed by atoms with Gasteiger partial charge in [-0.1, -0.05) is 13.0 Å². The molecule has 0 aromatic heterocycles. The molecule has 13 heavy (non-hydrogen) atoms. The first-order valence-electron chi connectivity index (χ1n) is 4.35. The highest BCUT2D eigenvalue weighted by Crippen LogP contribution is 2.43. The molecular formula is C10H12FNS. The van der Waals surface area contributed by atoms with Crippen LogP contribution >= 0.6 is 11.8 Å². The van der Waals surface area contributed by atoms with Crippen molar-refractivity contribution in [2.45, 2.75) is 23.1 Å². The number of halogens is 1. The number of benzene rings is 1. The Morgan fingerprint density at radius 2 is 2.23 bits per heavy atom. The van der Waals surface area contributed by atoms with Gasteiger partial charge in [0.05, 0.1) is 0 Å². The monoisotopic (exact) mass is 197 g/mol. The smallest absolute Gasteiger partial charge is 0.124 e. The topological polar surface area (TPSA) is 12.0 Å². The van der Waals surface area contributed by atoms with E-state index in [4.69, 9.17) is 0 Å². The van der Waals surface area contributed by atoms with Crippen LogP contribution in [-0.2, 0) is 0 Å². The summed E-state index contributed by atoms with van der Waals surface area (Å²) < 4.78 is 12.9. The van der Waals surface area contributed by atoms with Crippen molar-refractivity contribution in [2.24, 2.45) is 0 Å². The lowest BCUT2D eigenvalue weighted by Gasteiger charge is -2.13. The van der Waals surface area contributed by atoms with E-state index in [1.165, 1.54) is 11.6 Å². The van der Waals surface area contributed by atoms with E-state index in [0.717, 1.165) is 4.90 Å². The Balaban J connectivity index is 2.42. The van der Waals surface area contributed by atoms with E-state index in [2.05, 4.69) is 12.2 Å². The molecule has 0 radical (unpaired) electrons. The maximum Gasteiger partial charge on any atom is 0.124 e. The minimum absolute atomic E-state index is 0.143. The fourth-order valence-electron chi connectivity index (χ4n) is 1.78. The van der Waals surface area contributed by atoms with Crippen LogP contribution in [0.3, 0.4) is 0 Å². The van der Waals surface area contributed by atoms with Crippen LogP contribution in [0.5, 0.6) is 0 Å². The van der Waals surface area contributed by atoms with Gasteiger partial charge >= 0.3 is 0 Å². The van der Waals surface area contributed by atoms with Gasteiger partial charge in [0.1, 0.15) is 5.82 Å². The number of fused-ring (bicyclic) bond motifs is 1. The molecule has 0 aliphatic carbocycles. The second-order valence-corrected chi connectivity index (χ2v) is 4.69. The van der Waals surface area contributed by atoms with E-state index in [-0.39, 0.29) is 5.82 Å². The third-order valence-corrected chi connectivity index (χ3v) is 3.66. The van der Waals surface area contributed by atoms with E-state index < -0.39 is 0 Å². The lowest BCUT2D eigenvalue weighted by Crippen LogP contribution is -2.21. The Morgan fingerprint density at radius 1 is 1.46 bits per heavy atom. The third kappa shape index (κ3) is 1.46. The number of hydrogen-bond acceptors (Lipinski definition) is 2. The zero-order valence-corrected chi connectivity index (χ0v) is 8.49. The molecule has 0 spiro atoms. The lowest BCUT2D eigenvalue weighted by molar-refractivity contribution is 0.587. The molecule has 2 rings (SSSR count). The average molecular weight is 197 g/mol. The summed E-state index contributed by atoms with van der Waals surface area (Å²) in [5.74, 6) is -0.143. The van der Waals surface area contributed by atoms with Crippen molar-refractivity contribution in [1.29, 1.82) is 0 Å². The van der Waals surface area contributed by atoms with E-state index in [0.29, 0.717) is 11.3 Å². The van der Waals surface area contributed by atoms with Gasteiger partial charge < -0.3 is 5.32 Å². The molecule has 1 aromatic carbocycles. The molecule has 1 aliphatic rings. The van der Waals surface area contributed by atoms with Crippen LogP contribution in [0.25, 0.3) is 0 Å². The van der Waals surface area contributed by atoms with Crippen LogP contribution in [-0.4, -0.2) is 12.3 Å². The molecule has 70 valence electrons. The Hall–Kier alpha value is -0.540. The molecule has 0 amide bonds.